The van der Waals surface area contributed by atoms with E-state index in [1.165, 1.54) is 70.3 Å². The van der Waals surface area contributed by atoms with Gasteiger partial charge in [-0.1, -0.05) is 18.9 Å². The van der Waals surface area contributed by atoms with Crippen LogP contribution in [-0.4, -0.2) is 61.7 Å². The van der Waals surface area contributed by atoms with E-state index in [1.54, 1.807) is 6.07 Å². The number of hydrogen-bond acceptors (Lipinski definition) is 3. The van der Waals surface area contributed by atoms with Crippen LogP contribution in [0.2, 0.25) is 0 Å². The van der Waals surface area contributed by atoms with Gasteiger partial charge in [-0.15, -0.1) is 0 Å². The van der Waals surface area contributed by atoms with E-state index in [-0.39, 0.29) is 0 Å². The average molecular weight is 396 g/mol. The first-order chi connectivity index (χ1) is 13.5. The fraction of sp³-hybridized carbons (Fsp3) is 0.727. The molecule has 2 heterocycles. The minimum atomic E-state index is -4.28. The van der Waals surface area contributed by atoms with Crippen LogP contribution < -0.4 is 4.90 Å². The van der Waals surface area contributed by atoms with Crippen LogP contribution in [0, 0.1) is 5.92 Å². The lowest BCUT2D eigenvalue weighted by Gasteiger charge is -2.44. The molecule has 2 aliphatic heterocycles. The molecule has 0 amide bonds. The number of rotatable bonds is 4. The molecule has 156 valence electrons. The van der Waals surface area contributed by atoms with E-state index in [0.717, 1.165) is 38.2 Å². The molecule has 1 unspecified atom stereocenters. The predicted octanol–water partition coefficient (Wildman–Crippen LogP) is 4.48. The molecule has 1 atom stereocenters. The number of anilines is 1. The van der Waals surface area contributed by atoms with Crippen molar-refractivity contribution in [1.82, 2.24) is 9.80 Å². The van der Waals surface area contributed by atoms with E-state index in [2.05, 4.69) is 14.7 Å². The lowest BCUT2D eigenvalue weighted by Crippen LogP contribution is -2.55. The third kappa shape index (κ3) is 4.82. The Labute approximate surface area is 166 Å². The number of alkyl halides is 3. The molecule has 6 heteroatoms. The Morgan fingerprint density at radius 1 is 0.893 bits per heavy atom. The Bertz CT molecular complexity index is 634. The van der Waals surface area contributed by atoms with Crippen LogP contribution in [0.1, 0.15) is 44.1 Å². The van der Waals surface area contributed by atoms with Crippen molar-refractivity contribution in [2.75, 3.05) is 50.7 Å². The van der Waals surface area contributed by atoms with Gasteiger partial charge in [-0.05, 0) is 56.3 Å². The van der Waals surface area contributed by atoms with Gasteiger partial charge in [0.25, 0.3) is 0 Å². The zero-order valence-electron chi connectivity index (χ0n) is 16.6. The van der Waals surface area contributed by atoms with Crippen molar-refractivity contribution in [3.05, 3.63) is 29.8 Å². The highest BCUT2D eigenvalue weighted by Crippen LogP contribution is 2.32. The standard InChI is InChI=1S/C22H32F3N3/c23-22(24,25)19-7-3-8-20(15-19)27-11-13-28(14-12-27)21-9-4-10-26(17-21)16-18-5-1-2-6-18/h3,7-8,15,18,21H,1-2,4-6,9-14,16-17H2. The first kappa shape index (κ1) is 20.0. The van der Waals surface area contributed by atoms with Crippen molar-refractivity contribution in [1.29, 1.82) is 0 Å². The maximum atomic E-state index is 13.0. The lowest BCUT2D eigenvalue weighted by atomic mass is 10.0. The van der Waals surface area contributed by atoms with E-state index in [9.17, 15) is 13.2 Å². The summed E-state index contributed by atoms with van der Waals surface area (Å²) in [5, 5.41) is 0. The topological polar surface area (TPSA) is 9.72 Å². The first-order valence-electron chi connectivity index (χ1n) is 10.9. The number of likely N-dealkylation sites (tertiary alicyclic amines) is 1. The van der Waals surface area contributed by atoms with Crippen LogP contribution in [0.15, 0.2) is 24.3 Å². The molecule has 3 aliphatic rings. The van der Waals surface area contributed by atoms with Gasteiger partial charge in [-0.25, -0.2) is 0 Å². The summed E-state index contributed by atoms with van der Waals surface area (Å²) >= 11 is 0. The molecule has 1 aromatic rings. The third-order valence-electron chi connectivity index (χ3n) is 6.84. The van der Waals surface area contributed by atoms with Crippen molar-refractivity contribution < 1.29 is 13.2 Å². The maximum absolute atomic E-state index is 13.0. The summed E-state index contributed by atoms with van der Waals surface area (Å²) in [6.45, 7) is 7.16. The van der Waals surface area contributed by atoms with Gasteiger partial charge in [0.1, 0.15) is 0 Å². The molecule has 1 aromatic carbocycles. The van der Waals surface area contributed by atoms with Crippen LogP contribution in [-0.2, 0) is 6.18 Å². The van der Waals surface area contributed by atoms with Gasteiger partial charge in [0.2, 0.25) is 0 Å². The molecular weight excluding hydrogens is 363 g/mol. The van der Waals surface area contributed by atoms with Crippen LogP contribution in [0.5, 0.6) is 0 Å². The number of nitrogens with zero attached hydrogens (tertiary/aromatic N) is 3. The molecule has 0 bridgehead atoms. The number of hydrogen-bond donors (Lipinski definition) is 0. The van der Waals surface area contributed by atoms with E-state index in [1.807, 2.05) is 0 Å². The Morgan fingerprint density at radius 3 is 2.36 bits per heavy atom. The van der Waals surface area contributed by atoms with Crippen LogP contribution in [0.4, 0.5) is 18.9 Å². The second-order valence-electron chi connectivity index (χ2n) is 8.78. The van der Waals surface area contributed by atoms with E-state index >= 15 is 0 Å². The minimum Gasteiger partial charge on any atom is -0.369 e. The fourth-order valence-electron chi connectivity index (χ4n) is 5.28. The Hall–Kier alpha value is -1.27. The minimum absolute atomic E-state index is 0.553. The maximum Gasteiger partial charge on any atom is 0.416 e. The SMILES string of the molecule is FC(F)(F)c1cccc(N2CCN(C3CCCN(CC4CCCC4)C3)CC2)c1. The molecular formula is C22H32F3N3. The quantitative estimate of drug-likeness (QED) is 0.744. The molecule has 28 heavy (non-hydrogen) atoms. The molecule has 0 spiro atoms. The summed E-state index contributed by atoms with van der Waals surface area (Å²) in [6, 6.07) is 6.38. The van der Waals surface area contributed by atoms with E-state index < -0.39 is 11.7 Å². The number of piperazine rings is 1. The van der Waals surface area contributed by atoms with Crippen molar-refractivity contribution in [3.63, 3.8) is 0 Å². The van der Waals surface area contributed by atoms with Crippen molar-refractivity contribution in [2.24, 2.45) is 5.92 Å². The van der Waals surface area contributed by atoms with Gasteiger partial charge in [-0.2, -0.15) is 13.2 Å². The molecule has 0 N–H and O–H groups in total. The van der Waals surface area contributed by atoms with Gasteiger partial charge < -0.3 is 9.80 Å². The average Bonchev–Trinajstić information content (AvgIpc) is 3.21. The zero-order chi connectivity index (χ0) is 19.6. The molecule has 0 radical (unpaired) electrons. The summed E-state index contributed by atoms with van der Waals surface area (Å²) in [6.07, 6.45) is 3.85. The van der Waals surface area contributed by atoms with Gasteiger partial charge in [0, 0.05) is 51.0 Å². The molecule has 1 saturated carbocycles. The van der Waals surface area contributed by atoms with Crippen molar-refractivity contribution in [2.45, 2.75) is 50.7 Å². The Kier molecular flexibility index (Phi) is 6.16. The molecule has 0 aromatic heterocycles. The second-order valence-corrected chi connectivity index (χ2v) is 8.78. The fourth-order valence-corrected chi connectivity index (χ4v) is 5.28. The van der Waals surface area contributed by atoms with E-state index in [0.29, 0.717) is 11.7 Å². The van der Waals surface area contributed by atoms with Crippen LogP contribution in [0.3, 0.4) is 0 Å². The van der Waals surface area contributed by atoms with Gasteiger partial charge >= 0.3 is 6.18 Å². The van der Waals surface area contributed by atoms with Gasteiger partial charge in [0.15, 0.2) is 0 Å². The number of halogens is 3. The smallest absolute Gasteiger partial charge is 0.369 e. The number of piperidine rings is 1. The second kappa shape index (κ2) is 8.62. The molecule has 2 saturated heterocycles. The van der Waals surface area contributed by atoms with Gasteiger partial charge in [0.05, 0.1) is 5.56 Å². The lowest BCUT2D eigenvalue weighted by molar-refractivity contribution is -0.137. The molecule has 1 aliphatic carbocycles. The highest BCUT2D eigenvalue weighted by atomic mass is 19.4. The van der Waals surface area contributed by atoms with Crippen molar-refractivity contribution >= 4 is 5.69 Å². The summed E-state index contributed by atoms with van der Waals surface area (Å²) in [4.78, 5) is 7.35. The highest BCUT2D eigenvalue weighted by molar-refractivity contribution is 5.49. The van der Waals surface area contributed by atoms with Crippen molar-refractivity contribution in [3.8, 4) is 0 Å². The molecule has 4 rings (SSSR count). The summed E-state index contributed by atoms with van der Waals surface area (Å²) < 4.78 is 39.0. The Morgan fingerprint density at radius 2 is 1.64 bits per heavy atom. The van der Waals surface area contributed by atoms with Gasteiger partial charge in [-0.3, -0.25) is 4.90 Å². The summed E-state index contributed by atoms with van der Waals surface area (Å²) in [7, 11) is 0. The highest BCUT2D eigenvalue weighted by Gasteiger charge is 2.32. The van der Waals surface area contributed by atoms with E-state index in [4.69, 9.17) is 0 Å². The third-order valence-corrected chi connectivity index (χ3v) is 6.84. The zero-order valence-corrected chi connectivity index (χ0v) is 16.6. The monoisotopic (exact) mass is 395 g/mol. The largest absolute Gasteiger partial charge is 0.416 e. The van der Waals surface area contributed by atoms with Crippen LogP contribution in [0.25, 0.3) is 0 Å². The molecule has 3 fully saturated rings. The first-order valence-corrected chi connectivity index (χ1v) is 10.9. The predicted molar refractivity (Wildman–Crippen MR) is 107 cm³/mol. The van der Waals surface area contributed by atoms with Crippen LogP contribution >= 0.6 is 0 Å². The summed E-state index contributed by atoms with van der Waals surface area (Å²) in [5.41, 5.74) is 0.142. The normalized spacial score (nSPS) is 26.1. The summed E-state index contributed by atoms with van der Waals surface area (Å²) in [5.74, 6) is 0.900. The number of benzene rings is 1. The Balaban J connectivity index is 1.30. The molecule has 3 nitrogen and oxygen atoms in total.